The Morgan fingerprint density at radius 3 is 2.52 bits per heavy atom. The van der Waals surface area contributed by atoms with Gasteiger partial charge in [-0.3, -0.25) is 4.79 Å². The standard InChI is InChI=1S/C16H21N3O3S.2ClH/c1-10-14(15(20)18-8-4-7-17)23-16(19-10)11-5-6-12(21-2)13(9-11)22-3;;/h5-6,9H,4,7-8,17H2,1-3H3,(H,18,20);2*1H. The second-order valence-corrected chi connectivity index (χ2v) is 5.90. The maximum absolute atomic E-state index is 12.2. The van der Waals surface area contributed by atoms with E-state index in [0.29, 0.717) is 35.2 Å². The van der Waals surface area contributed by atoms with Crippen molar-refractivity contribution in [3.8, 4) is 22.1 Å². The highest BCUT2D eigenvalue weighted by molar-refractivity contribution is 7.17. The van der Waals surface area contributed by atoms with Crippen LogP contribution in [-0.2, 0) is 0 Å². The molecule has 0 unspecified atom stereocenters. The molecule has 2 aromatic rings. The number of methoxy groups -OCH3 is 2. The van der Waals surface area contributed by atoms with Crippen molar-refractivity contribution in [2.24, 2.45) is 5.73 Å². The Labute approximate surface area is 163 Å². The Kier molecular flexibility index (Phi) is 10.5. The topological polar surface area (TPSA) is 86.5 Å². The molecule has 140 valence electrons. The number of nitrogens with two attached hydrogens (primary N) is 1. The average Bonchev–Trinajstić information content (AvgIpc) is 2.96. The van der Waals surface area contributed by atoms with Crippen molar-refractivity contribution in [3.05, 3.63) is 28.8 Å². The van der Waals surface area contributed by atoms with Gasteiger partial charge in [0.2, 0.25) is 0 Å². The summed E-state index contributed by atoms with van der Waals surface area (Å²) < 4.78 is 10.5. The molecule has 1 amide bonds. The summed E-state index contributed by atoms with van der Waals surface area (Å²) in [4.78, 5) is 17.3. The number of nitrogens with zero attached hydrogens (tertiary/aromatic N) is 1. The van der Waals surface area contributed by atoms with Gasteiger partial charge < -0.3 is 20.5 Å². The van der Waals surface area contributed by atoms with Crippen molar-refractivity contribution in [2.75, 3.05) is 27.3 Å². The van der Waals surface area contributed by atoms with Crippen LogP contribution >= 0.6 is 36.2 Å². The van der Waals surface area contributed by atoms with Crippen molar-refractivity contribution in [1.29, 1.82) is 0 Å². The minimum Gasteiger partial charge on any atom is -0.493 e. The molecule has 25 heavy (non-hydrogen) atoms. The van der Waals surface area contributed by atoms with Crippen LogP contribution in [0.2, 0.25) is 0 Å². The fraction of sp³-hybridized carbons (Fsp3) is 0.375. The van der Waals surface area contributed by atoms with Crippen LogP contribution in [-0.4, -0.2) is 38.2 Å². The summed E-state index contributed by atoms with van der Waals surface area (Å²) in [5.74, 6) is 1.18. The van der Waals surface area contributed by atoms with Gasteiger partial charge in [-0.1, -0.05) is 0 Å². The lowest BCUT2D eigenvalue weighted by atomic mass is 10.2. The summed E-state index contributed by atoms with van der Waals surface area (Å²) in [6.07, 6.45) is 0.756. The zero-order chi connectivity index (χ0) is 16.8. The highest BCUT2D eigenvalue weighted by Gasteiger charge is 2.17. The Morgan fingerprint density at radius 1 is 1.24 bits per heavy atom. The van der Waals surface area contributed by atoms with Crippen LogP contribution in [0.1, 0.15) is 21.8 Å². The van der Waals surface area contributed by atoms with Gasteiger partial charge in [0.25, 0.3) is 5.91 Å². The molecule has 0 bridgehead atoms. The fourth-order valence-electron chi connectivity index (χ4n) is 2.08. The first-order chi connectivity index (χ1) is 11.1. The van der Waals surface area contributed by atoms with Crippen LogP contribution in [0, 0.1) is 6.92 Å². The Balaban J connectivity index is 0.00000288. The number of ether oxygens (including phenoxy) is 2. The minimum absolute atomic E-state index is 0. The van der Waals surface area contributed by atoms with Gasteiger partial charge in [0, 0.05) is 12.1 Å². The number of rotatable bonds is 7. The molecule has 0 fully saturated rings. The maximum atomic E-state index is 12.2. The number of carbonyl (C=O) groups excluding carboxylic acids is 1. The molecule has 1 heterocycles. The molecule has 1 aromatic heterocycles. The van der Waals surface area contributed by atoms with Gasteiger partial charge in [-0.05, 0) is 38.1 Å². The van der Waals surface area contributed by atoms with E-state index in [0.717, 1.165) is 17.0 Å². The van der Waals surface area contributed by atoms with Crippen LogP contribution < -0.4 is 20.5 Å². The normalized spacial score (nSPS) is 9.60. The largest absolute Gasteiger partial charge is 0.493 e. The number of amides is 1. The highest BCUT2D eigenvalue weighted by atomic mass is 35.5. The summed E-state index contributed by atoms with van der Waals surface area (Å²) in [6.45, 7) is 2.95. The van der Waals surface area contributed by atoms with Gasteiger partial charge in [-0.15, -0.1) is 36.2 Å². The average molecular weight is 408 g/mol. The molecular formula is C16H23Cl2N3O3S. The number of carbonyl (C=O) groups is 1. The number of halogens is 2. The van der Waals surface area contributed by atoms with Crippen molar-refractivity contribution in [3.63, 3.8) is 0 Å². The molecule has 0 aliphatic rings. The van der Waals surface area contributed by atoms with Gasteiger partial charge >= 0.3 is 0 Å². The van der Waals surface area contributed by atoms with E-state index in [9.17, 15) is 4.79 Å². The molecule has 3 N–H and O–H groups in total. The molecular weight excluding hydrogens is 385 g/mol. The Hall–Kier alpha value is -1.54. The third-order valence-corrected chi connectivity index (χ3v) is 4.51. The van der Waals surface area contributed by atoms with Crippen LogP contribution in [0.15, 0.2) is 18.2 Å². The van der Waals surface area contributed by atoms with Gasteiger partial charge in [0.15, 0.2) is 11.5 Å². The second-order valence-electron chi connectivity index (χ2n) is 4.90. The van der Waals surface area contributed by atoms with Crippen LogP contribution in [0.25, 0.3) is 10.6 Å². The van der Waals surface area contributed by atoms with E-state index in [1.165, 1.54) is 11.3 Å². The number of aromatic nitrogens is 1. The van der Waals surface area contributed by atoms with Gasteiger partial charge in [0.1, 0.15) is 9.88 Å². The van der Waals surface area contributed by atoms with E-state index in [-0.39, 0.29) is 30.7 Å². The number of nitrogens with one attached hydrogen (secondary N) is 1. The first-order valence-electron chi connectivity index (χ1n) is 7.28. The van der Waals surface area contributed by atoms with E-state index < -0.39 is 0 Å². The lowest BCUT2D eigenvalue weighted by Gasteiger charge is -2.08. The van der Waals surface area contributed by atoms with E-state index in [2.05, 4.69) is 10.3 Å². The van der Waals surface area contributed by atoms with E-state index in [4.69, 9.17) is 15.2 Å². The monoisotopic (exact) mass is 407 g/mol. The first-order valence-corrected chi connectivity index (χ1v) is 8.10. The maximum Gasteiger partial charge on any atom is 0.263 e. The first kappa shape index (κ1) is 23.5. The van der Waals surface area contributed by atoms with E-state index in [1.807, 2.05) is 25.1 Å². The molecule has 2 rings (SSSR count). The molecule has 1 aromatic carbocycles. The summed E-state index contributed by atoms with van der Waals surface area (Å²) in [6, 6.07) is 5.58. The van der Waals surface area contributed by atoms with E-state index >= 15 is 0 Å². The van der Waals surface area contributed by atoms with Crippen molar-refractivity contribution < 1.29 is 14.3 Å². The highest BCUT2D eigenvalue weighted by Crippen LogP contribution is 2.34. The molecule has 0 saturated heterocycles. The Morgan fingerprint density at radius 2 is 1.92 bits per heavy atom. The van der Waals surface area contributed by atoms with Gasteiger partial charge in [-0.2, -0.15) is 0 Å². The molecule has 0 spiro atoms. The number of hydrogen-bond donors (Lipinski definition) is 2. The SMILES string of the molecule is COc1ccc(-c2nc(C)c(C(=O)NCCCN)s2)cc1OC.Cl.Cl. The fourth-order valence-corrected chi connectivity index (χ4v) is 3.06. The predicted octanol–water partition coefficient (Wildman–Crippen LogP) is 3.06. The minimum atomic E-state index is -0.111. The molecule has 0 saturated carbocycles. The third kappa shape index (κ3) is 5.74. The summed E-state index contributed by atoms with van der Waals surface area (Å²) in [5.41, 5.74) is 7.03. The predicted molar refractivity (Wildman–Crippen MR) is 106 cm³/mol. The number of benzene rings is 1. The molecule has 9 heteroatoms. The molecule has 0 atom stereocenters. The van der Waals surface area contributed by atoms with Crippen molar-refractivity contribution >= 4 is 42.1 Å². The van der Waals surface area contributed by atoms with Crippen LogP contribution in [0.4, 0.5) is 0 Å². The summed E-state index contributed by atoms with van der Waals surface area (Å²) >= 11 is 1.36. The molecule has 6 nitrogen and oxygen atoms in total. The van der Waals surface area contributed by atoms with Gasteiger partial charge in [-0.25, -0.2) is 4.98 Å². The van der Waals surface area contributed by atoms with Crippen molar-refractivity contribution in [2.45, 2.75) is 13.3 Å². The summed E-state index contributed by atoms with van der Waals surface area (Å²) in [7, 11) is 3.18. The third-order valence-electron chi connectivity index (χ3n) is 3.30. The van der Waals surface area contributed by atoms with E-state index in [1.54, 1.807) is 14.2 Å². The van der Waals surface area contributed by atoms with Crippen LogP contribution in [0.5, 0.6) is 11.5 Å². The Bertz CT molecular complexity index is 695. The number of aryl methyl sites for hydroxylation is 1. The molecule has 0 radical (unpaired) electrons. The zero-order valence-corrected chi connectivity index (χ0v) is 16.8. The lowest BCUT2D eigenvalue weighted by Crippen LogP contribution is -2.25. The number of thiazole rings is 1. The smallest absolute Gasteiger partial charge is 0.263 e. The zero-order valence-electron chi connectivity index (χ0n) is 14.3. The second kappa shape index (κ2) is 11.1. The quantitative estimate of drug-likeness (QED) is 0.688. The summed E-state index contributed by atoms with van der Waals surface area (Å²) in [5, 5.41) is 3.62. The van der Waals surface area contributed by atoms with Crippen molar-refractivity contribution in [1.82, 2.24) is 10.3 Å². The van der Waals surface area contributed by atoms with Gasteiger partial charge in [0.05, 0.1) is 19.9 Å². The molecule has 0 aliphatic carbocycles. The molecule has 0 aliphatic heterocycles. The van der Waals surface area contributed by atoms with Crippen LogP contribution in [0.3, 0.4) is 0 Å². The number of hydrogen-bond acceptors (Lipinski definition) is 6. The lowest BCUT2D eigenvalue weighted by molar-refractivity contribution is 0.0956.